The van der Waals surface area contributed by atoms with Crippen LogP contribution in [0, 0.1) is 17.0 Å². The van der Waals surface area contributed by atoms with Gasteiger partial charge in [-0.05, 0) is 30.5 Å². The monoisotopic (exact) mass is 356 g/mol. The number of carbonyl (C=O) groups excluding carboxylic acids is 1. The number of amides is 1. The minimum Gasteiger partial charge on any atom is -0.472 e. The summed E-state index contributed by atoms with van der Waals surface area (Å²) in [6, 6.07) is 10.3. The Balaban J connectivity index is 1.93. The van der Waals surface area contributed by atoms with Gasteiger partial charge in [-0.2, -0.15) is 0 Å². The summed E-state index contributed by atoms with van der Waals surface area (Å²) < 4.78 is 5.09. The lowest BCUT2D eigenvalue weighted by atomic mass is 10.1. The molecule has 128 valence electrons. The third kappa shape index (κ3) is 3.77. The van der Waals surface area contributed by atoms with Crippen LogP contribution in [0.15, 0.2) is 58.7 Å². The summed E-state index contributed by atoms with van der Waals surface area (Å²) in [5.41, 5.74) is 1.54. The number of thiophene rings is 1. The molecule has 0 aliphatic heterocycles. The molecule has 25 heavy (non-hydrogen) atoms. The van der Waals surface area contributed by atoms with E-state index in [1.165, 1.54) is 6.07 Å². The Morgan fingerprint density at radius 3 is 2.72 bits per heavy atom. The summed E-state index contributed by atoms with van der Waals surface area (Å²) >= 11 is 1.56. The van der Waals surface area contributed by atoms with E-state index in [0.29, 0.717) is 24.2 Å². The van der Waals surface area contributed by atoms with E-state index in [1.54, 1.807) is 53.9 Å². The van der Waals surface area contributed by atoms with Gasteiger partial charge in [0.05, 0.1) is 24.0 Å². The van der Waals surface area contributed by atoms with Crippen molar-refractivity contribution in [1.29, 1.82) is 0 Å². The first-order chi connectivity index (χ1) is 12.1. The SMILES string of the molecule is Cc1c(C(=O)N(Cc2ccoc2)Cc2cccs2)cccc1[N+](=O)[O-]. The lowest BCUT2D eigenvalue weighted by Crippen LogP contribution is -2.30. The van der Waals surface area contributed by atoms with Crippen molar-refractivity contribution >= 4 is 22.9 Å². The molecule has 0 spiro atoms. The van der Waals surface area contributed by atoms with Gasteiger partial charge >= 0.3 is 0 Å². The molecule has 0 N–H and O–H groups in total. The molecule has 0 unspecified atom stereocenters. The van der Waals surface area contributed by atoms with Gasteiger partial charge in [0, 0.05) is 34.2 Å². The number of nitro benzene ring substituents is 1. The summed E-state index contributed by atoms with van der Waals surface area (Å²) in [6.45, 7) is 2.41. The number of rotatable bonds is 6. The highest BCUT2D eigenvalue weighted by Crippen LogP contribution is 2.24. The van der Waals surface area contributed by atoms with Crippen molar-refractivity contribution in [1.82, 2.24) is 4.90 Å². The Morgan fingerprint density at radius 1 is 1.24 bits per heavy atom. The summed E-state index contributed by atoms with van der Waals surface area (Å²) in [7, 11) is 0. The Bertz CT molecular complexity index is 836. The molecular formula is C18H16N2O4S. The maximum atomic E-state index is 13.1. The quantitative estimate of drug-likeness (QED) is 0.484. The number of nitrogens with zero attached hydrogens (tertiary/aromatic N) is 2. The van der Waals surface area contributed by atoms with Crippen LogP contribution in [0.4, 0.5) is 5.69 Å². The second kappa shape index (κ2) is 7.31. The average molecular weight is 356 g/mol. The Morgan fingerprint density at radius 2 is 2.08 bits per heavy atom. The van der Waals surface area contributed by atoms with Crippen molar-refractivity contribution in [2.75, 3.05) is 0 Å². The van der Waals surface area contributed by atoms with E-state index in [4.69, 9.17) is 4.42 Å². The van der Waals surface area contributed by atoms with Gasteiger partial charge in [-0.1, -0.05) is 12.1 Å². The van der Waals surface area contributed by atoms with Crippen molar-refractivity contribution in [3.05, 3.63) is 86.0 Å². The fraction of sp³-hybridized carbons (Fsp3) is 0.167. The zero-order chi connectivity index (χ0) is 17.8. The molecule has 1 amide bonds. The van der Waals surface area contributed by atoms with Crippen molar-refractivity contribution in [2.45, 2.75) is 20.0 Å². The Hall–Kier alpha value is -2.93. The number of nitro groups is 1. The molecule has 3 aromatic rings. The van der Waals surface area contributed by atoms with Crippen LogP contribution in [-0.2, 0) is 13.1 Å². The lowest BCUT2D eigenvalue weighted by molar-refractivity contribution is -0.385. The molecule has 0 atom stereocenters. The van der Waals surface area contributed by atoms with Crippen LogP contribution < -0.4 is 0 Å². The number of hydrogen-bond donors (Lipinski definition) is 0. The lowest BCUT2D eigenvalue weighted by Gasteiger charge is -2.22. The number of benzene rings is 1. The molecule has 0 fully saturated rings. The standard InChI is InChI=1S/C18H16N2O4S/c1-13-16(5-2-6-17(13)20(22)23)18(21)19(10-14-7-8-24-12-14)11-15-4-3-9-25-15/h2-9,12H,10-11H2,1H3. The molecule has 0 radical (unpaired) electrons. The second-order valence-corrected chi connectivity index (χ2v) is 6.61. The highest BCUT2D eigenvalue weighted by Gasteiger charge is 2.23. The molecule has 0 saturated heterocycles. The van der Waals surface area contributed by atoms with E-state index >= 15 is 0 Å². The van der Waals surface area contributed by atoms with E-state index in [1.807, 2.05) is 17.5 Å². The van der Waals surface area contributed by atoms with Crippen molar-refractivity contribution < 1.29 is 14.1 Å². The molecule has 2 aromatic heterocycles. The third-order valence-corrected chi connectivity index (χ3v) is 4.76. The largest absolute Gasteiger partial charge is 0.472 e. The van der Waals surface area contributed by atoms with Gasteiger partial charge < -0.3 is 9.32 Å². The maximum absolute atomic E-state index is 13.1. The molecule has 0 bridgehead atoms. The fourth-order valence-corrected chi connectivity index (χ4v) is 3.34. The highest BCUT2D eigenvalue weighted by atomic mass is 32.1. The van der Waals surface area contributed by atoms with E-state index in [9.17, 15) is 14.9 Å². The van der Waals surface area contributed by atoms with Crippen molar-refractivity contribution in [2.24, 2.45) is 0 Å². The number of hydrogen-bond acceptors (Lipinski definition) is 5. The van der Waals surface area contributed by atoms with Crippen LogP contribution in [0.3, 0.4) is 0 Å². The smallest absolute Gasteiger partial charge is 0.273 e. The molecule has 0 aliphatic rings. The summed E-state index contributed by atoms with van der Waals surface area (Å²) in [5, 5.41) is 13.1. The Kier molecular flexibility index (Phi) is 4.95. The minimum atomic E-state index is -0.466. The zero-order valence-electron chi connectivity index (χ0n) is 13.5. The van der Waals surface area contributed by atoms with Gasteiger partial charge in [0.25, 0.3) is 11.6 Å². The molecule has 2 heterocycles. The van der Waals surface area contributed by atoms with Gasteiger partial charge in [0.1, 0.15) is 0 Å². The maximum Gasteiger partial charge on any atom is 0.273 e. The van der Waals surface area contributed by atoms with Gasteiger partial charge in [0.15, 0.2) is 0 Å². The second-order valence-electron chi connectivity index (χ2n) is 5.58. The number of furan rings is 1. The molecular weight excluding hydrogens is 340 g/mol. The minimum absolute atomic E-state index is 0.0507. The van der Waals surface area contributed by atoms with Gasteiger partial charge in [-0.3, -0.25) is 14.9 Å². The van der Waals surface area contributed by atoms with Crippen LogP contribution in [0.2, 0.25) is 0 Å². The summed E-state index contributed by atoms with van der Waals surface area (Å²) in [5.74, 6) is -0.240. The van der Waals surface area contributed by atoms with Crippen LogP contribution in [0.1, 0.15) is 26.4 Å². The van der Waals surface area contributed by atoms with Crippen molar-refractivity contribution in [3.63, 3.8) is 0 Å². The predicted molar refractivity (Wildman–Crippen MR) is 94.4 cm³/mol. The topological polar surface area (TPSA) is 76.6 Å². The van der Waals surface area contributed by atoms with Crippen LogP contribution in [0.5, 0.6) is 0 Å². The average Bonchev–Trinajstić information content (AvgIpc) is 3.27. The van der Waals surface area contributed by atoms with Crippen LogP contribution >= 0.6 is 11.3 Å². The Labute approximate surface area is 148 Å². The first-order valence-corrected chi connectivity index (χ1v) is 8.51. The van der Waals surface area contributed by atoms with Gasteiger partial charge in [0.2, 0.25) is 0 Å². The van der Waals surface area contributed by atoms with Crippen LogP contribution in [0.25, 0.3) is 0 Å². The van der Waals surface area contributed by atoms with E-state index < -0.39 is 4.92 Å². The summed E-state index contributed by atoms with van der Waals surface area (Å²) in [4.78, 5) is 26.5. The van der Waals surface area contributed by atoms with Gasteiger partial charge in [-0.25, -0.2) is 0 Å². The van der Waals surface area contributed by atoms with Crippen LogP contribution in [-0.4, -0.2) is 15.7 Å². The van der Waals surface area contributed by atoms with E-state index in [0.717, 1.165) is 10.4 Å². The number of carbonyl (C=O) groups is 1. The zero-order valence-corrected chi connectivity index (χ0v) is 14.4. The molecule has 1 aromatic carbocycles. The predicted octanol–water partition coefficient (Wildman–Crippen LogP) is 4.40. The highest BCUT2D eigenvalue weighted by molar-refractivity contribution is 7.09. The van der Waals surface area contributed by atoms with E-state index in [2.05, 4.69) is 0 Å². The first-order valence-electron chi connectivity index (χ1n) is 7.63. The first kappa shape index (κ1) is 16.9. The van der Waals surface area contributed by atoms with E-state index in [-0.39, 0.29) is 11.6 Å². The fourth-order valence-electron chi connectivity index (χ4n) is 2.62. The molecule has 0 saturated carbocycles. The van der Waals surface area contributed by atoms with Crippen molar-refractivity contribution in [3.8, 4) is 0 Å². The molecule has 0 aliphatic carbocycles. The molecule has 3 rings (SSSR count). The normalized spacial score (nSPS) is 10.6. The third-order valence-electron chi connectivity index (χ3n) is 3.90. The molecule has 6 nitrogen and oxygen atoms in total. The van der Waals surface area contributed by atoms with Gasteiger partial charge in [-0.15, -0.1) is 11.3 Å². The molecule has 7 heteroatoms. The summed E-state index contributed by atoms with van der Waals surface area (Å²) in [6.07, 6.45) is 3.15.